The van der Waals surface area contributed by atoms with Crippen LogP contribution < -0.4 is 4.90 Å². The molecule has 0 saturated carbocycles. The lowest BCUT2D eigenvalue weighted by Crippen LogP contribution is -2.35. The molecule has 3 rings (SSSR count). The number of fused-ring (bicyclic) bond motifs is 1. The van der Waals surface area contributed by atoms with Gasteiger partial charge in [-0.1, -0.05) is 18.2 Å². The molecule has 0 bridgehead atoms. The lowest BCUT2D eigenvalue weighted by atomic mass is 10.1. The second-order valence-electron chi connectivity index (χ2n) is 6.29. The standard InChI is InChI=1S/C18H19BrN2O3S/c1-12-10-13-6-4-5-7-16(13)21(12)18(22)14-8-9-15(19)17(11-14)25(23,24)20(2)3/h4-9,11-12H,10H2,1-3H3. The number of nitrogens with zero attached hydrogens (tertiary/aromatic N) is 2. The Labute approximate surface area is 156 Å². The van der Waals surface area contributed by atoms with E-state index in [1.165, 1.54) is 20.2 Å². The summed E-state index contributed by atoms with van der Waals surface area (Å²) < 4.78 is 26.5. The number of hydrogen-bond acceptors (Lipinski definition) is 3. The molecule has 1 heterocycles. The number of benzene rings is 2. The van der Waals surface area contributed by atoms with Crippen LogP contribution in [0.3, 0.4) is 0 Å². The molecule has 1 amide bonds. The van der Waals surface area contributed by atoms with E-state index in [0.29, 0.717) is 10.0 Å². The Kier molecular flexibility index (Phi) is 4.74. The summed E-state index contributed by atoms with van der Waals surface area (Å²) in [6.07, 6.45) is 0.793. The third-order valence-electron chi connectivity index (χ3n) is 4.36. The quantitative estimate of drug-likeness (QED) is 0.762. The monoisotopic (exact) mass is 422 g/mol. The van der Waals surface area contributed by atoms with Gasteiger partial charge in [0.15, 0.2) is 0 Å². The molecule has 1 aliphatic heterocycles. The van der Waals surface area contributed by atoms with Crippen molar-refractivity contribution in [2.24, 2.45) is 0 Å². The first-order chi connectivity index (χ1) is 11.7. The van der Waals surface area contributed by atoms with Crippen molar-refractivity contribution < 1.29 is 13.2 Å². The number of rotatable bonds is 3. The van der Waals surface area contributed by atoms with E-state index in [2.05, 4.69) is 15.9 Å². The maximum atomic E-state index is 13.1. The first kappa shape index (κ1) is 18.1. The molecule has 0 aliphatic carbocycles. The van der Waals surface area contributed by atoms with Crippen LogP contribution in [-0.4, -0.2) is 38.8 Å². The van der Waals surface area contributed by atoms with E-state index in [0.717, 1.165) is 22.0 Å². The highest BCUT2D eigenvalue weighted by Gasteiger charge is 2.32. The summed E-state index contributed by atoms with van der Waals surface area (Å²) in [6.45, 7) is 1.99. The van der Waals surface area contributed by atoms with Crippen LogP contribution in [0.2, 0.25) is 0 Å². The first-order valence-corrected chi connectivity index (χ1v) is 10.1. The molecule has 2 aromatic carbocycles. The molecule has 0 spiro atoms. The molecule has 2 aromatic rings. The lowest BCUT2D eigenvalue weighted by molar-refractivity contribution is 0.0981. The van der Waals surface area contributed by atoms with Gasteiger partial charge in [-0.3, -0.25) is 4.79 Å². The first-order valence-electron chi connectivity index (χ1n) is 7.87. The fourth-order valence-corrected chi connectivity index (χ4v) is 4.89. The van der Waals surface area contributed by atoms with Crippen LogP contribution in [0.1, 0.15) is 22.8 Å². The number of anilines is 1. The van der Waals surface area contributed by atoms with Crippen LogP contribution in [0.4, 0.5) is 5.69 Å². The predicted molar refractivity (Wildman–Crippen MR) is 101 cm³/mol. The molecule has 0 fully saturated rings. The highest BCUT2D eigenvalue weighted by molar-refractivity contribution is 9.10. The number of hydrogen-bond donors (Lipinski definition) is 0. The maximum Gasteiger partial charge on any atom is 0.258 e. The SMILES string of the molecule is CC1Cc2ccccc2N1C(=O)c1ccc(Br)c(S(=O)(=O)N(C)C)c1. The van der Waals surface area contributed by atoms with Crippen molar-refractivity contribution >= 4 is 37.5 Å². The summed E-state index contributed by atoms with van der Waals surface area (Å²) in [5.74, 6) is -0.194. The number of carbonyl (C=O) groups is 1. The molecule has 5 nitrogen and oxygen atoms in total. The normalized spacial score (nSPS) is 17.0. The Bertz CT molecular complexity index is 941. The van der Waals surface area contributed by atoms with Crippen LogP contribution >= 0.6 is 15.9 Å². The second-order valence-corrected chi connectivity index (χ2v) is 9.26. The zero-order valence-corrected chi connectivity index (χ0v) is 16.6. The van der Waals surface area contributed by atoms with Crippen molar-refractivity contribution in [1.82, 2.24) is 4.31 Å². The molecule has 0 radical (unpaired) electrons. The van der Waals surface area contributed by atoms with Gasteiger partial charge in [-0.2, -0.15) is 0 Å². The van der Waals surface area contributed by atoms with Gasteiger partial charge in [0, 0.05) is 35.9 Å². The van der Waals surface area contributed by atoms with Crippen molar-refractivity contribution in [1.29, 1.82) is 0 Å². The highest BCUT2D eigenvalue weighted by Crippen LogP contribution is 2.34. The van der Waals surface area contributed by atoms with Crippen LogP contribution in [0.15, 0.2) is 51.8 Å². The van der Waals surface area contributed by atoms with Crippen molar-refractivity contribution in [2.75, 3.05) is 19.0 Å². The van der Waals surface area contributed by atoms with E-state index in [9.17, 15) is 13.2 Å². The Morgan fingerprint density at radius 3 is 2.56 bits per heavy atom. The molecule has 0 saturated heterocycles. The summed E-state index contributed by atoms with van der Waals surface area (Å²) in [5, 5.41) is 0. The van der Waals surface area contributed by atoms with E-state index in [1.54, 1.807) is 17.0 Å². The average molecular weight is 423 g/mol. The molecule has 1 unspecified atom stereocenters. The minimum atomic E-state index is -3.65. The molecule has 1 aliphatic rings. The van der Waals surface area contributed by atoms with Gasteiger partial charge >= 0.3 is 0 Å². The van der Waals surface area contributed by atoms with Crippen molar-refractivity contribution in [3.8, 4) is 0 Å². The van der Waals surface area contributed by atoms with Crippen LogP contribution in [0, 0.1) is 0 Å². The maximum absolute atomic E-state index is 13.1. The van der Waals surface area contributed by atoms with Crippen LogP contribution in [0.25, 0.3) is 0 Å². The molecule has 0 aromatic heterocycles. The van der Waals surface area contributed by atoms with Gasteiger partial charge in [-0.05, 0) is 59.1 Å². The van der Waals surface area contributed by atoms with E-state index < -0.39 is 10.0 Å². The molecule has 132 valence electrons. The summed E-state index contributed by atoms with van der Waals surface area (Å²) in [5.41, 5.74) is 2.37. The van der Waals surface area contributed by atoms with E-state index >= 15 is 0 Å². The number of halogens is 1. The van der Waals surface area contributed by atoms with Crippen molar-refractivity contribution in [3.05, 3.63) is 58.1 Å². The average Bonchev–Trinajstić information content (AvgIpc) is 2.90. The number of para-hydroxylation sites is 1. The van der Waals surface area contributed by atoms with Crippen LogP contribution in [-0.2, 0) is 16.4 Å². The number of carbonyl (C=O) groups excluding carboxylic acids is 1. The topological polar surface area (TPSA) is 57.7 Å². The smallest absolute Gasteiger partial charge is 0.258 e. The third kappa shape index (κ3) is 3.12. The van der Waals surface area contributed by atoms with Crippen molar-refractivity contribution in [3.63, 3.8) is 0 Å². The van der Waals surface area contributed by atoms with E-state index in [-0.39, 0.29) is 16.8 Å². The molecule has 7 heteroatoms. The van der Waals surface area contributed by atoms with Gasteiger partial charge in [-0.25, -0.2) is 12.7 Å². The lowest BCUT2D eigenvalue weighted by Gasteiger charge is -2.23. The summed E-state index contributed by atoms with van der Waals surface area (Å²) in [4.78, 5) is 14.9. The molecule has 25 heavy (non-hydrogen) atoms. The Morgan fingerprint density at radius 2 is 1.88 bits per heavy atom. The minimum Gasteiger partial charge on any atom is -0.305 e. The number of amides is 1. The summed E-state index contributed by atoms with van der Waals surface area (Å²) in [6, 6.07) is 12.5. The summed E-state index contributed by atoms with van der Waals surface area (Å²) >= 11 is 3.27. The third-order valence-corrected chi connectivity index (χ3v) is 7.17. The largest absolute Gasteiger partial charge is 0.305 e. The highest BCUT2D eigenvalue weighted by atomic mass is 79.9. The Morgan fingerprint density at radius 1 is 1.20 bits per heavy atom. The fourth-order valence-electron chi connectivity index (χ4n) is 3.04. The molecular formula is C18H19BrN2O3S. The molecular weight excluding hydrogens is 404 g/mol. The summed E-state index contributed by atoms with van der Waals surface area (Å²) in [7, 11) is -0.711. The van der Waals surface area contributed by atoms with Crippen molar-refractivity contribution in [2.45, 2.75) is 24.3 Å². The minimum absolute atomic E-state index is 0.0300. The van der Waals surface area contributed by atoms with Gasteiger partial charge < -0.3 is 4.90 Å². The van der Waals surface area contributed by atoms with Gasteiger partial charge in [0.05, 0.1) is 4.90 Å². The van der Waals surface area contributed by atoms with Crippen LogP contribution in [0.5, 0.6) is 0 Å². The predicted octanol–water partition coefficient (Wildman–Crippen LogP) is 3.29. The second kappa shape index (κ2) is 6.55. The zero-order chi connectivity index (χ0) is 18.4. The number of sulfonamides is 1. The molecule has 0 N–H and O–H groups in total. The Balaban J connectivity index is 2.05. The van der Waals surface area contributed by atoms with Gasteiger partial charge in [0.1, 0.15) is 0 Å². The van der Waals surface area contributed by atoms with E-state index in [1.807, 2.05) is 31.2 Å². The zero-order valence-electron chi connectivity index (χ0n) is 14.2. The van der Waals surface area contributed by atoms with Gasteiger partial charge in [0.2, 0.25) is 10.0 Å². The molecule has 1 atom stereocenters. The van der Waals surface area contributed by atoms with Gasteiger partial charge in [-0.15, -0.1) is 0 Å². The fraction of sp³-hybridized carbons (Fsp3) is 0.278. The van der Waals surface area contributed by atoms with E-state index in [4.69, 9.17) is 0 Å². The van der Waals surface area contributed by atoms with Gasteiger partial charge in [0.25, 0.3) is 5.91 Å². The Hall–Kier alpha value is -1.70.